The molecule has 1 fully saturated rings. The van der Waals surface area contributed by atoms with Crippen molar-refractivity contribution in [2.45, 2.75) is 26.7 Å². The third-order valence-electron chi connectivity index (χ3n) is 3.88. The number of carbonyl (C=O) groups is 2. The number of hydrogen-bond acceptors (Lipinski definition) is 3. The van der Waals surface area contributed by atoms with Crippen LogP contribution in [0.1, 0.15) is 24.0 Å². The van der Waals surface area contributed by atoms with Gasteiger partial charge >= 0.3 is 6.09 Å². The van der Waals surface area contributed by atoms with E-state index in [2.05, 4.69) is 5.32 Å². The molecule has 1 aliphatic rings. The Morgan fingerprint density at radius 1 is 1.33 bits per heavy atom. The van der Waals surface area contributed by atoms with E-state index >= 15 is 0 Å². The number of nitrogens with one attached hydrogen (secondary N) is 1. The number of methoxy groups -OCH3 is 1. The van der Waals surface area contributed by atoms with Gasteiger partial charge in [0, 0.05) is 18.8 Å². The molecule has 0 aromatic heterocycles. The minimum Gasteiger partial charge on any atom is -0.453 e. The molecule has 0 aliphatic carbocycles. The fraction of sp³-hybridized carbons (Fsp3) is 0.500. The standard InChI is InChI=1S/C16H22N2O3/c1-11-6-7-12(2)14(9-11)17-15(19)13-5-4-8-18(10-13)16(20)21-3/h6-7,9,13H,4-5,8,10H2,1-3H3,(H,17,19). The fourth-order valence-electron chi connectivity index (χ4n) is 2.59. The minimum absolute atomic E-state index is 0.0303. The average Bonchev–Trinajstić information content (AvgIpc) is 2.50. The van der Waals surface area contributed by atoms with Crippen molar-refractivity contribution in [3.63, 3.8) is 0 Å². The van der Waals surface area contributed by atoms with Crippen LogP contribution in [-0.2, 0) is 9.53 Å². The molecule has 1 aromatic rings. The first kappa shape index (κ1) is 15.4. The lowest BCUT2D eigenvalue weighted by atomic mass is 9.97. The molecule has 5 heteroatoms. The maximum atomic E-state index is 12.4. The van der Waals surface area contributed by atoms with Gasteiger partial charge in [0.15, 0.2) is 0 Å². The Morgan fingerprint density at radius 2 is 2.10 bits per heavy atom. The average molecular weight is 290 g/mol. The predicted molar refractivity (Wildman–Crippen MR) is 81.2 cm³/mol. The lowest BCUT2D eigenvalue weighted by Crippen LogP contribution is -2.43. The van der Waals surface area contributed by atoms with E-state index in [0.717, 1.165) is 29.7 Å². The summed E-state index contributed by atoms with van der Waals surface area (Å²) in [5.41, 5.74) is 2.99. The van der Waals surface area contributed by atoms with Crippen LogP contribution in [0.2, 0.25) is 0 Å². The molecule has 2 amide bonds. The molecule has 1 unspecified atom stereocenters. The molecule has 1 atom stereocenters. The summed E-state index contributed by atoms with van der Waals surface area (Å²) < 4.78 is 4.73. The maximum Gasteiger partial charge on any atom is 0.409 e. The zero-order valence-electron chi connectivity index (χ0n) is 12.8. The van der Waals surface area contributed by atoms with Crippen LogP contribution >= 0.6 is 0 Å². The molecule has 21 heavy (non-hydrogen) atoms. The number of nitrogens with zero attached hydrogens (tertiary/aromatic N) is 1. The molecule has 0 saturated carbocycles. The number of piperidine rings is 1. The third-order valence-corrected chi connectivity index (χ3v) is 3.88. The zero-order chi connectivity index (χ0) is 15.4. The molecule has 2 rings (SSSR count). The van der Waals surface area contributed by atoms with E-state index in [9.17, 15) is 9.59 Å². The number of hydrogen-bond donors (Lipinski definition) is 1. The summed E-state index contributed by atoms with van der Waals surface area (Å²) in [6.07, 6.45) is 1.25. The number of rotatable bonds is 2. The van der Waals surface area contributed by atoms with Crippen LogP contribution in [0.3, 0.4) is 0 Å². The predicted octanol–water partition coefficient (Wildman–Crippen LogP) is 2.72. The largest absolute Gasteiger partial charge is 0.453 e. The summed E-state index contributed by atoms with van der Waals surface area (Å²) in [5.74, 6) is -0.213. The van der Waals surface area contributed by atoms with Crippen molar-refractivity contribution in [3.8, 4) is 0 Å². The molecule has 114 valence electrons. The summed E-state index contributed by atoms with van der Waals surface area (Å²) in [6.45, 7) is 5.04. The minimum atomic E-state index is -0.362. The molecule has 1 heterocycles. The van der Waals surface area contributed by atoms with Crippen molar-refractivity contribution in [2.24, 2.45) is 5.92 Å². The van der Waals surface area contributed by atoms with Crippen molar-refractivity contribution < 1.29 is 14.3 Å². The van der Waals surface area contributed by atoms with Crippen LogP contribution in [0.5, 0.6) is 0 Å². The van der Waals surface area contributed by atoms with Gasteiger partial charge in [-0.15, -0.1) is 0 Å². The highest BCUT2D eigenvalue weighted by atomic mass is 16.5. The Bertz CT molecular complexity index is 542. The Balaban J connectivity index is 2.02. The van der Waals surface area contributed by atoms with Crippen LogP contribution in [0.15, 0.2) is 18.2 Å². The van der Waals surface area contributed by atoms with E-state index in [1.165, 1.54) is 7.11 Å². The Hall–Kier alpha value is -2.04. The third kappa shape index (κ3) is 3.74. The van der Waals surface area contributed by atoms with Gasteiger partial charge in [-0.2, -0.15) is 0 Å². The molecule has 1 aliphatic heterocycles. The first-order valence-electron chi connectivity index (χ1n) is 7.22. The van der Waals surface area contributed by atoms with Crippen LogP contribution in [0.25, 0.3) is 0 Å². The molecule has 5 nitrogen and oxygen atoms in total. The number of amides is 2. The van der Waals surface area contributed by atoms with E-state index in [4.69, 9.17) is 4.74 Å². The van der Waals surface area contributed by atoms with Crippen molar-refractivity contribution >= 4 is 17.7 Å². The molecule has 1 saturated heterocycles. The summed E-state index contributed by atoms with van der Waals surface area (Å²) in [5, 5.41) is 2.98. The first-order chi connectivity index (χ1) is 10.0. The van der Waals surface area contributed by atoms with E-state index in [-0.39, 0.29) is 17.9 Å². The van der Waals surface area contributed by atoms with Crippen LogP contribution in [0, 0.1) is 19.8 Å². The fourth-order valence-corrected chi connectivity index (χ4v) is 2.59. The Kier molecular flexibility index (Phi) is 4.83. The van der Waals surface area contributed by atoms with Gasteiger partial charge in [0.2, 0.25) is 5.91 Å². The van der Waals surface area contributed by atoms with Crippen molar-refractivity contribution in [1.29, 1.82) is 0 Å². The van der Waals surface area contributed by atoms with E-state index in [0.29, 0.717) is 13.1 Å². The summed E-state index contributed by atoms with van der Waals surface area (Å²) >= 11 is 0. The van der Waals surface area contributed by atoms with Crippen LogP contribution in [0.4, 0.5) is 10.5 Å². The zero-order valence-corrected chi connectivity index (χ0v) is 12.8. The highest BCUT2D eigenvalue weighted by molar-refractivity contribution is 5.93. The topological polar surface area (TPSA) is 58.6 Å². The normalized spacial score (nSPS) is 18.2. The number of likely N-dealkylation sites (tertiary alicyclic amines) is 1. The molecule has 0 radical (unpaired) electrons. The van der Waals surface area contributed by atoms with Gasteiger partial charge in [-0.25, -0.2) is 4.79 Å². The van der Waals surface area contributed by atoms with Gasteiger partial charge < -0.3 is 15.0 Å². The number of anilines is 1. The smallest absolute Gasteiger partial charge is 0.409 e. The van der Waals surface area contributed by atoms with Gasteiger partial charge in [0.05, 0.1) is 13.0 Å². The van der Waals surface area contributed by atoms with E-state index < -0.39 is 0 Å². The second kappa shape index (κ2) is 6.61. The van der Waals surface area contributed by atoms with Crippen molar-refractivity contribution in [1.82, 2.24) is 4.90 Å². The molecular weight excluding hydrogens is 268 g/mol. The summed E-state index contributed by atoms with van der Waals surface area (Å²) in [7, 11) is 1.36. The quantitative estimate of drug-likeness (QED) is 0.911. The summed E-state index contributed by atoms with van der Waals surface area (Å²) in [4.78, 5) is 25.6. The summed E-state index contributed by atoms with van der Waals surface area (Å²) in [6, 6.07) is 5.98. The SMILES string of the molecule is COC(=O)N1CCCC(C(=O)Nc2cc(C)ccc2C)C1. The van der Waals surface area contributed by atoms with E-state index in [1.807, 2.05) is 32.0 Å². The van der Waals surface area contributed by atoms with Gasteiger partial charge in [-0.1, -0.05) is 12.1 Å². The van der Waals surface area contributed by atoms with Crippen molar-refractivity contribution in [3.05, 3.63) is 29.3 Å². The van der Waals surface area contributed by atoms with Crippen LogP contribution < -0.4 is 5.32 Å². The van der Waals surface area contributed by atoms with Gasteiger partial charge in [0.25, 0.3) is 0 Å². The molecule has 1 aromatic carbocycles. The number of benzene rings is 1. The molecule has 1 N–H and O–H groups in total. The molecule has 0 spiro atoms. The van der Waals surface area contributed by atoms with Crippen LogP contribution in [-0.4, -0.2) is 37.1 Å². The Labute approximate surface area is 125 Å². The van der Waals surface area contributed by atoms with Gasteiger partial charge in [-0.3, -0.25) is 4.79 Å². The highest BCUT2D eigenvalue weighted by Crippen LogP contribution is 2.21. The lowest BCUT2D eigenvalue weighted by Gasteiger charge is -2.31. The van der Waals surface area contributed by atoms with Gasteiger partial charge in [0.1, 0.15) is 0 Å². The molecular formula is C16H22N2O3. The first-order valence-corrected chi connectivity index (χ1v) is 7.22. The Morgan fingerprint density at radius 3 is 2.81 bits per heavy atom. The molecule has 0 bridgehead atoms. The highest BCUT2D eigenvalue weighted by Gasteiger charge is 2.29. The second-order valence-corrected chi connectivity index (χ2v) is 5.56. The number of aryl methyl sites for hydroxylation is 2. The monoisotopic (exact) mass is 290 g/mol. The number of carbonyl (C=O) groups excluding carboxylic acids is 2. The maximum absolute atomic E-state index is 12.4. The van der Waals surface area contributed by atoms with Gasteiger partial charge in [-0.05, 0) is 43.9 Å². The van der Waals surface area contributed by atoms with E-state index in [1.54, 1.807) is 4.90 Å². The lowest BCUT2D eigenvalue weighted by molar-refractivity contribution is -0.121. The second-order valence-electron chi connectivity index (χ2n) is 5.56. The number of ether oxygens (including phenoxy) is 1. The van der Waals surface area contributed by atoms with Crippen molar-refractivity contribution in [2.75, 3.05) is 25.5 Å².